The number of phenolic OH excluding ortho intramolecular Hbond substituents is 1. The van der Waals surface area contributed by atoms with Crippen LogP contribution in [0.2, 0.25) is 0 Å². The van der Waals surface area contributed by atoms with Crippen molar-refractivity contribution in [2.24, 2.45) is 11.8 Å². The van der Waals surface area contributed by atoms with E-state index in [0.717, 1.165) is 12.3 Å². The second-order valence-corrected chi connectivity index (χ2v) is 9.49. The highest BCUT2D eigenvalue weighted by molar-refractivity contribution is 5.88. The highest BCUT2D eigenvalue weighted by Crippen LogP contribution is 2.46. The Morgan fingerprint density at radius 1 is 1.12 bits per heavy atom. The third kappa shape index (κ3) is 5.83. The molecule has 0 bridgehead atoms. The van der Waals surface area contributed by atoms with Crippen LogP contribution in [0.25, 0.3) is 6.08 Å². The number of carbonyl (C=O) groups excluding carboxylic acids is 1. The molecule has 0 unspecified atom stereocenters. The molecule has 0 amide bonds. The van der Waals surface area contributed by atoms with Crippen molar-refractivity contribution in [2.45, 2.75) is 42.6 Å². The number of allylic oxidation sites excluding steroid dienone is 1. The van der Waals surface area contributed by atoms with Gasteiger partial charge in [-0.3, -0.25) is 0 Å². The quantitative estimate of drug-likeness (QED) is 0.104. The Balaban J connectivity index is 1.49. The first kappa shape index (κ1) is 29.5. The highest BCUT2D eigenvalue weighted by atomic mass is 16.8. The van der Waals surface area contributed by atoms with E-state index in [1.54, 1.807) is 0 Å². The monoisotopic (exact) mass is 566 g/mol. The predicted octanol–water partition coefficient (Wildman–Crippen LogP) is -1.37. The van der Waals surface area contributed by atoms with Gasteiger partial charge in [0, 0.05) is 12.0 Å². The number of aliphatic hydroxyl groups excluding tert-OH is 4. The van der Waals surface area contributed by atoms with Crippen LogP contribution in [0.15, 0.2) is 48.3 Å². The number of rotatable bonds is 9. The summed E-state index contributed by atoms with van der Waals surface area (Å²) in [5.74, 6) is -4.26. The topological polar surface area (TPSA) is 222 Å². The average Bonchev–Trinajstić information content (AvgIpc) is 3.29. The molecule has 0 radical (unpaired) electrons. The summed E-state index contributed by atoms with van der Waals surface area (Å²) in [6.07, 6.45) is -3.55. The van der Waals surface area contributed by atoms with Crippen molar-refractivity contribution in [3.63, 3.8) is 0 Å². The van der Waals surface area contributed by atoms with Crippen LogP contribution in [0.3, 0.4) is 0 Å². The Hall–Kier alpha value is -3.50. The van der Waals surface area contributed by atoms with E-state index in [1.165, 1.54) is 43.5 Å². The SMILES string of the molecule is COc1cc(/C=C/C(=O)OC[C@]2(O)C=C[C@H]3C(C(=O)O)=CO[C@@H](O[C@@H]4O[C@H](CO)[C@@H](O)[C@H](O)[C@H]4O)[C@@H]32)ccc1O. The van der Waals surface area contributed by atoms with Crippen molar-refractivity contribution in [3.05, 3.63) is 53.8 Å². The van der Waals surface area contributed by atoms with Crippen molar-refractivity contribution >= 4 is 18.0 Å². The summed E-state index contributed by atoms with van der Waals surface area (Å²) in [7, 11) is 1.37. The molecular weight excluding hydrogens is 536 g/mol. The van der Waals surface area contributed by atoms with E-state index in [-0.39, 0.29) is 17.1 Å². The molecule has 14 nitrogen and oxygen atoms in total. The summed E-state index contributed by atoms with van der Waals surface area (Å²) in [5, 5.41) is 70.6. The molecular formula is C26H30O14. The summed E-state index contributed by atoms with van der Waals surface area (Å²) >= 11 is 0. The Morgan fingerprint density at radius 2 is 1.88 bits per heavy atom. The Bertz CT molecular complexity index is 1190. The molecule has 1 fully saturated rings. The predicted molar refractivity (Wildman–Crippen MR) is 131 cm³/mol. The fourth-order valence-electron chi connectivity index (χ4n) is 4.78. The van der Waals surface area contributed by atoms with E-state index in [1.807, 2.05) is 0 Å². The van der Waals surface area contributed by atoms with Crippen molar-refractivity contribution in [3.8, 4) is 11.5 Å². The standard InChI is InChI=1S/C26H30O14/c1-36-16-8-12(2-4-15(16)28)3-5-18(29)38-11-26(35)7-6-13-14(23(33)34)10-37-24(19(13)26)40-25-22(32)21(31)20(30)17(9-27)39-25/h2-8,10,13,17,19-22,24-25,27-28,30-32,35H,9,11H2,1H3,(H,33,34)/b5-3+/t13-,17+,19+,20+,21-,22+,24-,25-,26+/m0/s1. The molecule has 0 spiro atoms. The number of benzene rings is 1. The van der Waals surface area contributed by atoms with Gasteiger partial charge >= 0.3 is 11.9 Å². The number of hydrogen-bond donors (Lipinski definition) is 7. The average molecular weight is 567 g/mol. The van der Waals surface area contributed by atoms with Gasteiger partial charge in [0.1, 0.15) is 36.6 Å². The van der Waals surface area contributed by atoms with Gasteiger partial charge in [-0.05, 0) is 23.8 Å². The van der Waals surface area contributed by atoms with Crippen LogP contribution in [-0.4, -0.2) is 111 Å². The molecule has 2 aliphatic heterocycles. The summed E-state index contributed by atoms with van der Waals surface area (Å²) < 4.78 is 26.7. The second-order valence-electron chi connectivity index (χ2n) is 9.49. The molecule has 2 heterocycles. The molecule has 0 saturated carbocycles. The van der Waals surface area contributed by atoms with Crippen LogP contribution < -0.4 is 4.74 Å². The number of aromatic hydroxyl groups is 1. The molecule has 1 saturated heterocycles. The van der Waals surface area contributed by atoms with Crippen LogP contribution in [0.4, 0.5) is 0 Å². The Morgan fingerprint density at radius 3 is 2.55 bits per heavy atom. The zero-order valence-electron chi connectivity index (χ0n) is 21.1. The fourth-order valence-corrected chi connectivity index (χ4v) is 4.78. The lowest BCUT2D eigenvalue weighted by molar-refractivity contribution is -0.346. The smallest absolute Gasteiger partial charge is 0.335 e. The minimum absolute atomic E-state index is 0.0861. The molecule has 0 aromatic heterocycles. The minimum atomic E-state index is -2.00. The second kappa shape index (κ2) is 11.9. The summed E-state index contributed by atoms with van der Waals surface area (Å²) in [4.78, 5) is 24.2. The molecule has 9 atom stereocenters. The first-order valence-electron chi connectivity index (χ1n) is 12.2. The molecule has 1 aliphatic carbocycles. The minimum Gasteiger partial charge on any atom is -0.504 e. The number of carboxylic acid groups (broad SMARTS) is 1. The first-order valence-corrected chi connectivity index (χ1v) is 12.2. The van der Waals surface area contributed by atoms with Crippen LogP contribution >= 0.6 is 0 Å². The number of carbonyl (C=O) groups is 2. The number of aliphatic carboxylic acids is 1. The molecule has 1 aromatic rings. The summed E-state index contributed by atoms with van der Waals surface area (Å²) in [6.45, 7) is -1.35. The van der Waals surface area contributed by atoms with Crippen molar-refractivity contribution in [2.75, 3.05) is 20.3 Å². The zero-order valence-corrected chi connectivity index (χ0v) is 21.1. The normalized spacial score (nSPS) is 35.1. The van der Waals surface area contributed by atoms with E-state index in [4.69, 9.17) is 23.7 Å². The van der Waals surface area contributed by atoms with E-state index in [2.05, 4.69) is 0 Å². The number of carboxylic acids is 1. The van der Waals surface area contributed by atoms with Crippen molar-refractivity contribution in [1.29, 1.82) is 0 Å². The van der Waals surface area contributed by atoms with Gasteiger partial charge in [0.05, 0.1) is 31.5 Å². The maximum atomic E-state index is 12.4. The number of fused-ring (bicyclic) bond motifs is 1. The molecule has 7 N–H and O–H groups in total. The maximum Gasteiger partial charge on any atom is 0.335 e. The van der Waals surface area contributed by atoms with E-state index >= 15 is 0 Å². The van der Waals surface area contributed by atoms with Gasteiger partial charge in [-0.1, -0.05) is 18.2 Å². The molecule has 14 heteroatoms. The lowest BCUT2D eigenvalue weighted by Gasteiger charge is -2.44. The van der Waals surface area contributed by atoms with E-state index in [9.17, 15) is 45.3 Å². The third-order valence-corrected chi connectivity index (χ3v) is 6.96. The number of phenols is 1. The van der Waals surface area contributed by atoms with E-state index < -0.39 is 79.6 Å². The van der Waals surface area contributed by atoms with Gasteiger partial charge in [-0.25, -0.2) is 9.59 Å². The van der Waals surface area contributed by atoms with Crippen LogP contribution in [0, 0.1) is 11.8 Å². The van der Waals surface area contributed by atoms with Crippen LogP contribution in [-0.2, 0) is 28.5 Å². The van der Waals surface area contributed by atoms with Gasteiger partial charge in [0.15, 0.2) is 17.8 Å². The van der Waals surface area contributed by atoms with Gasteiger partial charge in [-0.2, -0.15) is 0 Å². The summed E-state index contributed by atoms with van der Waals surface area (Å²) in [6, 6.07) is 4.39. The summed E-state index contributed by atoms with van der Waals surface area (Å²) in [5.41, 5.74) is -1.71. The van der Waals surface area contributed by atoms with Gasteiger partial charge in [0.2, 0.25) is 6.29 Å². The van der Waals surface area contributed by atoms with Crippen molar-refractivity contribution in [1.82, 2.24) is 0 Å². The highest BCUT2D eigenvalue weighted by Gasteiger charge is 2.56. The number of aliphatic hydroxyl groups is 5. The third-order valence-electron chi connectivity index (χ3n) is 6.96. The van der Waals surface area contributed by atoms with Gasteiger partial charge < -0.3 is 59.4 Å². The molecule has 3 aliphatic rings. The lowest BCUT2D eigenvalue weighted by atomic mass is 9.79. The van der Waals surface area contributed by atoms with Crippen LogP contribution in [0.1, 0.15) is 5.56 Å². The van der Waals surface area contributed by atoms with Crippen molar-refractivity contribution < 1.29 is 69.0 Å². The zero-order chi connectivity index (χ0) is 29.2. The van der Waals surface area contributed by atoms with E-state index in [0.29, 0.717) is 5.56 Å². The molecule has 4 rings (SSSR count). The largest absolute Gasteiger partial charge is 0.504 e. The Labute approximate surface area is 227 Å². The fraction of sp³-hybridized carbons (Fsp3) is 0.462. The van der Waals surface area contributed by atoms with Crippen LogP contribution in [0.5, 0.6) is 11.5 Å². The van der Waals surface area contributed by atoms with Gasteiger partial charge in [0.25, 0.3) is 0 Å². The van der Waals surface area contributed by atoms with Gasteiger partial charge in [-0.15, -0.1) is 0 Å². The molecule has 40 heavy (non-hydrogen) atoms. The lowest BCUT2D eigenvalue weighted by Crippen LogP contribution is -2.61. The first-order chi connectivity index (χ1) is 19.0. The number of hydrogen-bond acceptors (Lipinski definition) is 13. The number of ether oxygens (including phenoxy) is 5. The maximum absolute atomic E-state index is 12.4. The molecule has 1 aromatic carbocycles. The Kier molecular flexibility index (Phi) is 8.80. The number of esters is 1. The number of methoxy groups -OCH3 is 1. The molecule has 218 valence electrons.